The second-order valence-electron chi connectivity index (χ2n) is 12.9. The van der Waals surface area contributed by atoms with Gasteiger partial charge in [0.2, 0.25) is 5.91 Å². The lowest BCUT2D eigenvalue weighted by molar-refractivity contribution is -0.139. The lowest BCUT2D eigenvalue weighted by Crippen LogP contribution is -2.64. The van der Waals surface area contributed by atoms with Crippen molar-refractivity contribution in [2.24, 2.45) is 5.92 Å². The van der Waals surface area contributed by atoms with E-state index in [1.54, 1.807) is 0 Å². The number of carbonyl (C=O) groups is 2. The smallest absolute Gasteiger partial charge is 0.228 e. The molecule has 1 aromatic rings. The van der Waals surface area contributed by atoms with Crippen molar-refractivity contribution in [3.63, 3.8) is 0 Å². The van der Waals surface area contributed by atoms with Gasteiger partial charge in [-0.3, -0.25) is 9.59 Å². The minimum absolute atomic E-state index is 0.0129. The number of carbonyl (C=O) groups excluding carboxylic acids is 2. The number of amides is 1. The molecule has 0 aliphatic carbocycles. The van der Waals surface area contributed by atoms with Crippen molar-refractivity contribution in [3.05, 3.63) is 35.4 Å². The summed E-state index contributed by atoms with van der Waals surface area (Å²) in [6, 6.07) is 7.66. The Balaban J connectivity index is 1.92. The van der Waals surface area contributed by atoms with Crippen molar-refractivity contribution in [2.75, 3.05) is 6.61 Å². The van der Waals surface area contributed by atoms with Crippen LogP contribution < -0.4 is 5.32 Å². The van der Waals surface area contributed by atoms with Crippen molar-refractivity contribution < 1.29 is 18.4 Å². The zero-order valence-electron chi connectivity index (χ0n) is 23.3. The minimum atomic E-state index is -1.99. The van der Waals surface area contributed by atoms with Crippen LogP contribution in [0.5, 0.6) is 0 Å². The molecule has 1 saturated heterocycles. The maximum Gasteiger partial charge on any atom is 0.228 e. The highest BCUT2D eigenvalue weighted by Gasteiger charge is 2.47. The van der Waals surface area contributed by atoms with Crippen LogP contribution in [0, 0.1) is 5.92 Å². The van der Waals surface area contributed by atoms with Crippen LogP contribution in [-0.2, 0) is 20.1 Å². The topological polar surface area (TPSA) is 64.6 Å². The molecule has 1 aliphatic heterocycles. The second-order valence-corrected chi connectivity index (χ2v) is 22.5. The third-order valence-electron chi connectivity index (χ3n) is 8.20. The summed E-state index contributed by atoms with van der Waals surface area (Å²) in [5.74, 6) is -0.232. The average molecular weight is 506 g/mol. The molecule has 0 saturated carbocycles. The Hall–Kier alpha value is -1.29. The number of rotatable bonds is 10. The summed E-state index contributed by atoms with van der Waals surface area (Å²) in [6.45, 7) is 24.9. The molecule has 1 aromatic carbocycles. The largest absolute Gasteiger partial charge is 0.416 e. The van der Waals surface area contributed by atoms with Gasteiger partial charge in [0.25, 0.3) is 0 Å². The van der Waals surface area contributed by atoms with Crippen LogP contribution in [0.25, 0.3) is 0 Å². The minimum Gasteiger partial charge on any atom is -0.416 e. The Morgan fingerprint density at radius 1 is 0.971 bits per heavy atom. The van der Waals surface area contributed by atoms with Gasteiger partial charge in [0.15, 0.2) is 22.4 Å². The van der Waals surface area contributed by atoms with Crippen molar-refractivity contribution in [2.45, 2.75) is 110 Å². The number of hydrogen-bond acceptors (Lipinski definition) is 4. The number of Topliss-reactive ketones (excluding diaryl/α,β-unsaturated/α-hetero) is 1. The zero-order valence-corrected chi connectivity index (χ0v) is 25.3. The van der Waals surface area contributed by atoms with Gasteiger partial charge in [0.1, 0.15) is 0 Å². The molecule has 7 heteroatoms. The third-order valence-corrected chi connectivity index (χ3v) is 17.3. The van der Waals surface area contributed by atoms with Crippen LogP contribution in [0.15, 0.2) is 24.3 Å². The van der Waals surface area contributed by atoms with Crippen LogP contribution in [0.3, 0.4) is 0 Å². The molecule has 34 heavy (non-hydrogen) atoms. The molecule has 0 aromatic heterocycles. The summed E-state index contributed by atoms with van der Waals surface area (Å²) in [5.41, 5.74) is 1.86. The van der Waals surface area contributed by atoms with E-state index >= 15 is 0 Å². The van der Waals surface area contributed by atoms with Gasteiger partial charge < -0.3 is 14.2 Å². The first-order chi connectivity index (χ1) is 15.4. The van der Waals surface area contributed by atoms with Crippen LogP contribution in [0.4, 0.5) is 0 Å². The van der Waals surface area contributed by atoms with Crippen LogP contribution in [0.1, 0.15) is 70.8 Å². The molecule has 192 valence electrons. The monoisotopic (exact) mass is 505 g/mol. The van der Waals surface area contributed by atoms with Gasteiger partial charge in [-0.15, -0.1) is 0 Å². The van der Waals surface area contributed by atoms with E-state index in [9.17, 15) is 9.59 Å². The van der Waals surface area contributed by atoms with Gasteiger partial charge in [-0.2, -0.15) is 0 Å². The quantitative estimate of drug-likeness (QED) is 0.229. The van der Waals surface area contributed by atoms with Gasteiger partial charge in [-0.05, 0) is 55.2 Å². The van der Waals surface area contributed by atoms with E-state index < -0.39 is 16.6 Å². The third kappa shape index (κ3) is 6.89. The van der Waals surface area contributed by atoms with Crippen LogP contribution in [0.2, 0.25) is 36.3 Å². The van der Waals surface area contributed by atoms with E-state index in [1.165, 1.54) is 5.56 Å². The van der Waals surface area contributed by atoms with E-state index in [0.717, 1.165) is 6.42 Å². The fourth-order valence-corrected chi connectivity index (χ4v) is 6.18. The lowest BCUT2D eigenvalue weighted by Gasteiger charge is -2.45. The molecule has 0 bridgehead atoms. The maximum absolute atomic E-state index is 12.9. The zero-order chi connectivity index (χ0) is 26.1. The van der Waals surface area contributed by atoms with Crippen molar-refractivity contribution >= 4 is 28.3 Å². The Morgan fingerprint density at radius 2 is 1.50 bits per heavy atom. The lowest BCUT2D eigenvalue weighted by atomic mass is 9.82. The molecule has 3 atom stereocenters. The molecular formula is C27H47NO4Si2. The number of ketones is 1. The summed E-state index contributed by atoms with van der Waals surface area (Å²) in [6.07, 6.45) is 0.940. The molecule has 0 unspecified atom stereocenters. The summed E-state index contributed by atoms with van der Waals surface area (Å²) in [5, 5.41) is 3.20. The predicted octanol–water partition coefficient (Wildman–Crippen LogP) is 6.35. The Bertz CT molecular complexity index is 866. The fraction of sp³-hybridized carbons (Fsp3) is 0.704. The standard InChI is InChI=1S/C27H47NO4Si2/c1-19(32-34(10,11)27(5,6)7)24-22(28-25(24)30)18-23(29)21-14-12-20(13-15-21)16-17-31-33(8,9)26(2,3)4/h12-15,19,22,24H,16-18H2,1-11H3,(H,28,30)/t19-,22+,24+/m0/s1. The molecule has 1 aliphatic rings. The summed E-state index contributed by atoms with van der Waals surface area (Å²) >= 11 is 0. The second kappa shape index (κ2) is 10.4. The Morgan fingerprint density at radius 3 is 1.97 bits per heavy atom. The first-order valence-electron chi connectivity index (χ1n) is 12.6. The van der Waals surface area contributed by atoms with Crippen molar-refractivity contribution in [3.8, 4) is 0 Å². The van der Waals surface area contributed by atoms with E-state index in [-0.39, 0.29) is 39.8 Å². The normalized spacial score (nSPS) is 20.5. The van der Waals surface area contributed by atoms with Gasteiger partial charge >= 0.3 is 0 Å². The van der Waals surface area contributed by atoms with Gasteiger partial charge in [-0.1, -0.05) is 65.8 Å². The SMILES string of the molecule is C[C@H](O[Si](C)(C)C(C)(C)C)[C@H]1C(=O)N[C@@H]1CC(=O)c1ccc(CCO[Si](C)(C)C(C)(C)C)cc1. The number of benzene rings is 1. The number of β-lactam (4-membered cyclic amide) rings is 1. The maximum atomic E-state index is 12.9. The molecule has 0 radical (unpaired) electrons. The highest BCUT2D eigenvalue weighted by atomic mass is 28.4. The van der Waals surface area contributed by atoms with Crippen LogP contribution in [-0.4, -0.2) is 47.1 Å². The molecule has 5 nitrogen and oxygen atoms in total. The van der Waals surface area contributed by atoms with Crippen molar-refractivity contribution in [1.82, 2.24) is 5.32 Å². The van der Waals surface area contributed by atoms with Crippen LogP contribution >= 0.6 is 0 Å². The summed E-state index contributed by atoms with van der Waals surface area (Å²) < 4.78 is 12.7. The van der Waals surface area contributed by atoms with Gasteiger partial charge in [0.05, 0.1) is 18.1 Å². The Kier molecular flexibility index (Phi) is 8.83. The summed E-state index contributed by atoms with van der Waals surface area (Å²) in [4.78, 5) is 25.2. The predicted molar refractivity (Wildman–Crippen MR) is 145 cm³/mol. The first-order valence-corrected chi connectivity index (χ1v) is 18.4. The fourth-order valence-electron chi connectivity index (χ4n) is 3.70. The van der Waals surface area contributed by atoms with E-state index in [2.05, 4.69) is 73.0 Å². The number of hydrogen-bond donors (Lipinski definition) is 1. The van der Waals surface area contributed by atoms with E-state index in [0.29, 0.717) is 18.6 Å². The first kappa shape index (κ1) is 28.9. The molecule has 2 rings (SSSR count). The molecular weight excluding hydrogens is 458 g/mol. The molecule has 1 heterocycles. The molecule has 0 spiro atoms. The van der Waals surface area contributed by atoms with Gasteiger partial charge in [-0.25, -0.2) is 0 Å². The molecule has 1 amide bonds. The Labute approximate surface area is 209 Å². The molecule has 1 N–H and O–H groups in total. The van der Waals surface area contributed by atoms with E-state index in [1.807, 2.05) is 31.2 Å². The average Bonchev–Trinajstić information content (AvgIpc) is 2.65. The molecule has 1 fully saturated rings. The highest BCUT2D eigenvalue weighted by Crippen LogP contribution is 2.39. The van der Waals surface area contributed by atoms with Crippen molar-refractivity contribution in [1.29, 1.82) is 0 Å². The van der Waals surface area contributed by atoms with E-state index in [4.69, 9.17) is 8.85 Å². The highest BCUT2D eigenvalue weighted by molar-refractivity contribution is 6.74. The van der Waals surface area contributed by atoms with Gasteiger partial charge in [0, 0.05) is 18.6 Å². The number of nitrogens with one attached hydrogen (secondary N) is 1. The summed E-state index contributed by atoms with van der Waals surface area (Å²) in [7, 11) is -3.74.